The summed E-state index contributed by atoms with van der Waals surface area (Å²) in [5.74, 6) is 0.540. The summed E-state index contributed by atoms with van der Waals surface area (Å²) in [5, 5.41) is 0. The third kappa shape index (κ3) is 3.06. The quantitative estimate of drug-likeness (QED) is 0.584. The Hall–Kier alpha value is -1.84. The van der Waals surface area contributed by atoms with Crippen LogP contribution in [0.25, 0.3) is 0 Å². The average Bonchev–Trinajstić information content (AvgIpc) is 2.89. The van der Waals surface area contributed by atoms with E-state index in [1.165, 1.54) is 0 Å². The van der Waals surface area contributed by atoms with Gasteiger partial charge in [0.1, 0.15) is 11.2 Å². The molecule has 0 unspecified atom stereocenters. The fraction of sp³-hybridized carbons (Fsp3) is 0.350. The van der Waals surface area contributed by atoms with Crippen LogP contribution >= 0.6 is 12.4 Å². The van der Waals surface area contributed by atoms with Crippen molar-refractivity contribution in [3.8, 4) is 5.75 Å². The topological polar surface area (TPSA) is 29.5 Å². The first-order valence-electron chi connectivity index (χ1n) is 8.32. The van der Waals surface area contributed by atoms with Crippen molar-refractivity contribution >= 4 is 18.4 Å². The first-order chi connectivity index (χ1) is 11.2. The second-order valence-electron chi connectivity index (χ2n) is 5.93. The van der Waals surface area contributed by atoms with E-state index in [4.69, 9.17) is 4.74 Å². The van der Waals surface area contributed by atoms with Crippen LogP contribution in [0.2, 0.25) is 0 Å². The van der Waals surface area contributed by atoms with Crippen molar-refractivity contribution < 1.29 is 9.53 Å². The van der Waals surface area contributed by atoms with Crippen LogP contribution in [0.4, 0.5) is 0 Å². The average molecular weight is 346 g/mol. The van der Waals surface area contributed by atoms with Gasteiger partial charge in [-0.1, -0.05) is 62.4 Å². The second-order valence-corrected chi connectivity index (χ2v) is 5.93. The summed E-state index contributed by atoms with van der Waals surface area (Å²) in [7, 11) is 0. The Morgan fingerprint density at radius 1 is 0.958 bits per heavy atom. The predicted molar refractivity (Wildman–Crippen MR) is 99.0 cm³/mol. The minimum absolute atomic E-state index is 0. The van der Waals surface area contributed by atoms with Gasteiger partial charge in [0.25, 0.3) is 0 Å². The van der Waals surface area contributed by atoms with Crippen molar-refractivity contribution in [2.45, 2.75) is 25.7 Å². The van der Waals surface area contributed by atoms with Crippen molar-refractivity contribution in [1.82, 2.24) is 4.90 Å². The molecule has 2 aromatic carbocycles. The Kier molecular flexibility index (Phi) is 6.03. The maximum Gasteiger partial charge on any atom is 0.326 e. The van der Waals surface area contributed by atoms with Crippen LogP contribution in [-0.2, 0) is 10.2 Å². The van der Waals surface area contributed by atoms with Crippen molar-refractivity contribution in [3.05, 3.63) is 65.7 Å². The molecule has 0 fully saturated rings. The molecule has 0 N–H and O–H groups in total. The summed E-state index contributed by atoms with van der Waals surface area (Å²) in [4.78, 5) is 15.2. The van der Waals surface area contributed by atoms with Crippen molar-refractivity contribution in [2.75, 3.05) is 19.6 Å². The van der Waals surface area contributed by atoms with Gasteiger partial charge in [-0.25, -0.2) is 0 Å². The molecular formula is C20H24ClNO2. The number of rotatable bonds is 6. The summed E-state index contributed by atoms with van der Waals surface area (Å²) in [6.45, 7) is 7.14. The van der Waals surface area contributed by atoms with Crippen LogP contribution in [0.3, 0.4) is 0 Å². The fourth-order valence-corrected chi connectivity index (χ4v) is 3.45. The lowest BCUT2D eigenvalue weighted by molar-refractivity contribution is -0.137. The number of nitrogens with zero attached hydrogens (tertiary/aromatic N) is 1. The lowest BCUT2D eigenvalue weighted by Gasteiger charge is -2.29. The van der Waals surface area contributed by atoms with Crippen molar-refractivity contribution in [1.29, 1.82) is 0 Å². The molecule has 0 aromatic heterocycles. The lowest BCUT2D eigenvalue weighted by atomic mass is 9.73. The molecule has 1 heterocycles. The molecule has 0 amide bonds. The highest BCUT2D eigenvalue weighted by atomic mass is 35.5. The summed E-state index contributed by atoms with van der Waals surface area (Å²) in [6.07, 6.45) is 0.731. The standard InChI is InChI=1S/C20H23NO2.ClH/c1-3-21(4-2)15-14-20(16-10-6-5-7-11-16)17-12-8-9-13-18(17)23-19(20)22;/h5-13H,3-4,14-15H2,1-2H3;1H/t20-;/m1./s1. The van der Waals surface area contributed by atoms with Crippen molar-refractivity contribution in [3.63, 3.8) is 0 Å². The number of hydrogen-bond donors (Lipinski definition) is 0. The number of ether oxygens (including phenoxy) is 1. The highest BCUT2D eigenvalue weighted by Gasteiger charge is 2.50. The normalized spacial score (nSPS) is 18.9. The predicted octanol–water partition coefficient (Wildman–Crippen LogP) is 4.05. The summed E-state index contributed by atoms with van der Waals surface area (Å²) >= 11 is 0. The van der Waals surface area contributed by atoms with E-state index in [9.17, 15) is 4.79 Å². The Bertz CT molecular complexity index is 685. The third-order valence-corrected chi connectivity index (χ3v) is 4.86. The number of fused-ring (bicyclic) bond motifs is 1. The number of esters is 1. The van der Waals surface area contributed by atoms with E-state index in [-0.39, 0.29) is 18.4 Å². The number of para-hydroxylation sites is 1. The van der Waals surface area contributed by atoms with Gasteiger partial charge < -0.3 is 9.64 Å². The molecule has 2 aromatic rings. The number of carbonyl (C=O) groups excluding carboxylic acids is 1. The summed E-state index contributed by atoms with van der Waals surface area (Å²) in [5.41, 5.74) is 1.31. The smallest absolute Gasteiger partial charge is 0.326 e. The first kappa shape index (κ1) is 18.5. The molecule has 0 bridgehead atoms. The third-order valence-electron chi connectivity index (χ3n) is 4.86. The Balaban J connectivity index is 0.00000208. The molecule has 0 radical (unpaired) electrons. The minimum Gasteiger partial charge on any atom is -0.425 e. The van der Waals surface area contributed by atoms with Crippen LogP contribution in [0.15, 0.2) is 54.6 Å². The molecule has 0 saturated carbocycles. The van der Waals surface area contributed by atoms with Crippen LogP contribution < -0.4 is 4.74 Å². The molecule has 0 aliphatic carbocycles. The van der Waals surface area contributed by atoms with E-state index in [2.05, 4.69) is 18.7 Å². The molecule has 3 rings (SSSR count). The van der Waals surface area contributed by atoms with E-state index in [0.29, 0.717) is 5.75 Å². The van der Waals surface area contributed by atoms with Crippen LogP contribution in [0.1, 0.15) is 31.4 Å². The Labute approximate surface area is 150 Å². The number of hydrogen-bond acceptors (Lipinski definition) is 3. The highest BCUT2D eigenvalue weighted by Crippen LogP contribution is 2.46. The minimum atomic E-state index is -0.694. The van der Waals surface area contributed by atoms with Gasteiger partial charge in [0.15, 0.2) is 0 Å². The van der Waals surface area contributed by atoms with Gasteiger partial charge >= 0.3 is 5.97 Å². The van der Waals surface area contributed by atoms with Gasteiger partial charge in [-0.2, -0.15) is 0 Å². The number of halogens is 1. The van der Waals surface area contributed by atoms with Crippen molar-refractivity contribution in [2.24, 2.45) is 0 Å². The number of carbonyl (C=O) groups is 1. The molecule has 24 heavy (non-hydrogen) atoms. The molecule has 0 saturated heterocycles. The molecule has 1 aliphatic rings. The molecule has 3 nitrogen and oxygen atoms in total. The lowest BCUT2D eigenvalue weighted by Crippen LogP contribution is -2.39. The zero-order valence-electron chi connectivity index (χ0n) is 14.2. The maximum absolute atomic E-state index is 12.9. The second kappa shape index (κ2) is 7.82. The number of benzene rings is 2. The SMILES string of the molecule is CCN(CC)CC[C@]1(c2ccccc2)C(=O)Oc2ccccc21.Cl. The zero-order valence-corrected chi connectivity index (χ0v) is 15.0. The Morgan fingerprint density at radius 3 is 2.25 bits per heavy atom. The molecule has 128 valence electrons. The van der Waals surface area contributed by atoms with Crippen LogP contribution in [-0.4, -0.2) is 30.5 Å². The summed E-state index contributed by atoms with van der Waals surface area (Å²) < 4.78 is 5.62. The van der Waals surface area contributed by atoms with Gasteiger partial charge in [0.05, 0.1) is 0 Å². The van der Waals surface area contributed by atoms with E-state index in [1.54, 1.807) is 0 Å². The largest absolute Gasteiger partial charge is 0.425 e. The van der Waals surface area contributed by atoms with Gasteiger partial charge in [-0.3, -0.25) is 4.79 Å². The molecule has 4 heteroatoms. The Morgan fingerprint density at radius 2 is 1.58 bits per heavy atom. The molecule has 0 spiro atoms. The first-order valence-corrected chi connectivity index (χ1v) is 8.32. The zero-order chi connectivity index (χ0) is 16.3. The maximum atomic E-state index is 12.9. The molecule has 1 atom stereocenters. The van der Waals surface area contributed by atoms with E-state index in [0.717, 1.165) is 37.2 Å². The van der Waals surface area contributed by atoms with Crippen LogP contribution in [0, 0.1) is 0 Å². The van der Waals surface area contributed by atoms with Crippen LogP contribution in [0.5, 0.6) is 5.75 Å². The molecular weight excluding hydrogens is 322 g/mol. The van der Waals surface area contributed by atoms with E-state index < -0.39 is 5.41 Å². The van der Waals surface area contributed by atoms with E-state index in [1.807, 2.05) is 54.6 Å². The highest BCUT2D eigenvalue weighted by molar-refractivity contribution is 5.94. The fourth-order valence-electron chi connectivity index (χ4n) is 3.45. The van der Waals surface area contributed by atoms with Gasteiger partial charge in [-0.05, 0) is 37.7 Å². The molecule has 1 aliphatic heterocycles. The van der Waals surface area contributed by atoms with Gasteiger partial charge in [0.2, 0.25) is 0 Å². The van der Waals surface area contributed by atoms with Gasteiger partial charge in [0, 0.05) is 5.56 Å². The monoisotopic (exact) mass is 345 g/mol. The van der Waals surface area contributed by atoms with E-state index >= 15 is 0 Å². The van der Waals surface area contributed by atoms with Gasteiger partial charge in [-0.15, -0.1) is 12.4 Å². The summed E-state index contributed by atoms with van der Waals surface area (Å²) in [6, 6.07) is 17.8.